The molecule has 4 heteroatoms. The Balaban J connectivity index is 2.49. The van der Waals surface area contributed by atoms with Gasteiger partial charge < -0.3 is 4.90 Å². The molecule has 0 unspecified atom stereocenters. The van der Waals surface area contributed by atoms with Crippen LogP contribution in [0.1, 0.15) is 6.92 Å². The lowest BCUT2D eigenvalue weighted by atomic mass is 10.4. The third kappa shape index (κ3) is 3.38. The number of hydrogen-bond donors (Lipinski definition) is 0. The van der Waals surface area contributed by atoms with Crippen molar-refractivity contribution >= 4 is 17.7 Å². The van der Waals surface area contributed by atoms with E-state index in [2.05, 4.69) is 0 Å². The van der Waals surface area contributed by atoms with Crippen molar-refractivity contribution in [2.24, 2.45) is 0 Å². The maximum absolute atomic E-state index is 12.8. The van der Waals surface area contributed by atoms with Crippen molar-refractivity contribution in [2.45, 2.75) is 11.8 Å². The van der Waals surface area contributed by atoms with E-state index in [1.807, 2.05) is 6.07 Å². The molecule has 0 aliphatic carbocycles. The van der Waals surface area contributed by atoms with E-state index in [1.165, 1.54) is 30.8 Å². The van der Waals surface area contributed by atoms with E-state index in [4.69, 9.17) is 0 Å². The second kappa shape index (κ2) is 5.00. The molecule has 0 fully saturated rings. The zero-order valence-corrected chi connectivity index (χ0v) is 8.97. The summed E-state index contributed by atoms with van der Waals surface area (Å²) in [5, 5.41) is 0. The van der Waals surface area contributed by atoms with Gasteiger partial charge in [0.05, 0.1) is 5.88 Å². The number of hydrogen-bond acceptors (Lipinski definition) is 2. The van der Waals surface area contributed by atoms with Gasteiger partial charge in [-0.15, -0.1) is 11.8 Å². The standard InChI is InChI=1S/C10H12FNOS/c1-8(13)12(2)7-14-10-5-3-4-9(11)6-10/h3-6H,7H2,1-2H3. The Morgan fingerprint density at radius 3 is 2.86 bits per heavy atom. The van der Waals surface area contributed by atoms with Gasteiger partial charge in [-0.2, -0.15) is 0 Å². The molecule has 76 valence electrons. The van der Waals surface area contributed by atoms with Crippen molar-refractivity contribution in [1.29, 1.82) is 0 Å². The Morgan fingerprint density at radius 2 is 2.29 bits per heavy atom. The Morgan fingerprint density at radius 1 is 1.57 bits per heavy atom. The van der Waals surface area contributed by atoms with Crippen LogP contribution >= 0.6 is 11.8 Å². The van der Waals surface area contributed by atoms with Crippen molar-refractivity contribution in [3.63, 3.8) is 0 Å². The third-order valence-corrected chi connectivity index (χ3v) is 2.86. The average molecular weight is 213 g/mol. The predicted molar refractivity (Wildman–Crippen MR) is 55.6 cm³/mol. The van der Waals surface area contributed by atoms with Gasteiger partial charge in [-0.25, -0.2) is 4.39 Å². The Bertz CT molecular complexity index is 330. The summed E-state index contributed by atoms with van der Waals surface area (Å²) in [6.07, 6.45) is 0. The van der Waals surface area contributed by atoms with Gasteiger partial charge in [0.25, 0.3) is 0 Å². The van der Waals surface area contributed by atoms with Crippen molar-refractivity contribution < 1.29 is 9.18 Å². The molecule has 1 aromatic carbocycles. The summed E-state index contributed by atoms with van der Waals surface area (Å²) in [7, 11) is 1.72. The van der Waals surface area contributed by atoms with Crippen LogP contribution in [0.25, 0.3) is 0 Å². The van der Waals surface area contributed by atoms with Crippen molar-refractivity contribution in [3.8, 4) is 0 Å². The molecule has 0 aliphatic heterocycles. The minimum atomic E-state index is -0.250. The normalized spacial score (nSPS) is 9.93. The molecule has 0 N–H and O–H groups in total. The number of thioether (sulfide) groups is 1. The molecule has 2 nitrogen and oxygen atoms in total. The molecule has 0 heterocycles. The molecule has 0 aromatic heterocycles. The highest BCUT2D eigenvalue weighted by Crippen LogP contribution is 2.18. The lowest BCUT2D eigenvalue weighted by Crippen LogP contribution is -2.22. The van der Waals surface area contributed by atoms with E-state index in [0.717, 1.165) is 4.90 Å². The first-order valence-electron chi connectivity index (χ1n) is 4.19. The number of halogens is 1. The maximum atomic E-state index is 12.8. The third-order valence-electron chi connectivity index (χ3n) is 1.76. The first-order chi connectivity index (χ1) is 6.59. The fourth-order valence-corrected chi connectivity index (χ4v) is 1.71. The fraction of sp³-hybridized carbons (Fsp3) is 0.300. The second-order valence-electron chi connectivity index (χ2n) is 2.95. The highest BCUT2D eigenvalue weighted by Gasteiger charge is 2.02. The van der Waals surface area contributed by atoms with Gasteiger partial charge in [0, 0.05) is 18.9 Å². The highest BCUT2D eigenvalue weighted by molar-refractivity contribution is 7.99. The molecule has 0 saturated carbocycles. The van der Waals surface area contributed by atoms with Gasteiger partial charge in [0.2, 0.25) is 5.91 Å². The van der Waals surface area contributed by atoms with Crippen LogP contribution in [0.5, 0.6) is 0 Å². The SMILES string of the molecule is CC(=O)N(C)CSc1cccc(F)c1. The quantitative estimate of drug-likeness (QED) is 0.567. The first kappa shape index (κ1) is 11.0. The minimum Gasteiger partial charge on any atom is -0.336 e. The molecule has 1 aromatic rings. The van der Waals surface area contributed by atoms with Crippen LogP contribution in [0.2, 0.25) is 0 Å². The molecule has 14 heavy (non-hydrogen) atoms. The number of benzene rings is 1. The van der Waals surface area contributed by atoms with Gasteiger partial charge >= 0.3 is 0 Å². The summed E-state index contributed by atoms with van der Waals surface area (Å²) in [6, 6.07) is 6.34. The summed E-state index contributed by atoms with van der Waals surface area (Å²) in [5.41, 5.74) is 0. The van der Waals surface area contributed by atoms with Gasteiger partial charge in [-0.05, 0) is 18.2 Å². The smallest absolute Gasteiger partial charge is 0.219 e. The molecule has 0 aliphatic rings. The topological polar surface area (TPSA) is 20.3 Å². The lowest BCUT2D eigenvalue weighted by Gasteiger charge is -2.13. The van der Waals surface area contributed by atoms with Crippen LogP contribution in [-0.4, -0.2) is 23.7 Å². The molecular formula is C10H12FNOS. The van der Waals surface area contributed by atoms with Crippen LogP contribution in [0.3, 0.4) is 0 Å². The Kier molecular flexibility index (Phi) is 3.95. The summed E-state index contributed by atoms with van der Waals surface area (Å²) in [4.78, 5) is 13.3. The number of carbonyl (C=O) groups excluding carboxylic acids is 1. The van der Waals surface area contributed by atoms with E-state index in [1.54, 1.807) is 18.0 Å². The van der Waals surface area contributed by atoms with Gasteiger partial charge in [-0.3, -0.25) is 4.79 Å². The van der Waals surface area contributed by atoms with Crippen LogP contribution in [-0.2, 0) is 4.79 Å². The second-order valence-corrected chi connectivity index (χ2v) is 3.97. The molecule has 0 spiro atoms. The molecule has 0 radical (unpaired) electrons. The summed E-state index contributed by atoms with van der Waals surface area (Å²) in [5.74, 6) is 0.299. The number of rotatable bonds is 3. The van der Waals surface area contributed by atoms with Crippen LogP contribution < -0.4 is 0 Å². The van der Waals surface area contributed by atoms with Crippen LogP contribution in [0.4, 0.5) is 4.39 Å². The lowest BCUT2D eigenvalue weighted by molar-refractivity contribution is -0.126. The zero-order valence-electron chi connectivity index (χ0n) is 8.16. The molecular weight excluding hydrogens is 201 g/mol. The van der Waals surface area contributed by atoms with E-state index in [0.29, 0.717) is 5.88 Å². The Hall–Kier alpha value is -1.03. The van der Waals surface area contributed by atoms with Gasteiger partial charge in [0.1, 0.15) is 5.82 Å². The van der Waals surface area contributed by atoms with E-state index >= 15 is 0 Å². The van der Waals surface area contributed by atoms with Crippen molar-refractivity contribution in [1.82, 2.24) is 4.90 Å². The predicted octanol–water partition coefficient (Wildman–Crippen LogP) is 2.35. The van der Waals surface area contributed by atoms with Crippen LogP contribution in [0.15, 0.2) is 29.2 Å². The molecule has 1 rings (SSSR count). The monoisotopic (exact) mass is 213 g/mol. The number of amides is 1. The fourth-order valence-electron chi connectivity index (χ4n) is 0.819. The van der Waals surface area contributed by atoms with Gasteiger partial charge in [-0.1, -0.05) is 6.07 Å². The first-order valence-corrected chi connectivity index (χ1v) is 5.18. The maximum Gasteiger partial charge on any atom is 0.219 e. The zero-order chi connectivity index (χ0) is 10.6. The molecule has 0 saturated heterocycles. The van der Waals surface area contributed by atoms with E-state index in [-0.39, 0.29) is 11.7 Å². The van der Waals surface area contributed by atoms with Crippen molar-refractivity contribution in [3.05, 3.63) is 30.1 Å². The molecule has 1 amide bonds. The highest BCUT2D eigenvalue weighted by atomic mass is 32.2. The van der Waals surface area contributed by atoms with Crippen LogP contribution in [0, 0.1) is 5.82 Å². The van der Waals surface area contributed by atoms with E-state index in [9.17, 15) is 9.18 Å². The average Bonchev–Trinajstić information content (AvgIpc) is 2.14. The van der Waals surface area contributed by atoms with Gasteiger partial charge in [0.15, 0.2) is 0 Å². The summed E-state index contributed by atoms with van der Waals surface area (Å²) in [6.45, 7) is 1.51. The molecule has 0 atom stereocenters. The summed E-state index contributed by atoms with van der Waals surface area (Å²) >= 11 is 1.44. The Labute approximate surface area is 87.1 Å². The van der Waals surface area contributed by atoms with Crippen molar-refractivity contribution in [2.75, 3.05) is 12.9 Å². The largest absolute Gasteiger partial charge is 0.336 e. The summed E-state index contributed by atoms with van der Waals surface area (Å²) < 4.78 is 12.8. The van der Waals surface area contributed by atoms with E-state index < -0.39 is 0 Å². The number of carbonyl (C=O) groups is 1. The molecule has 0 bridgehead atoms. The minimum absolute atomic E-state index is 0.00824. The number of nitrogens with zero attached hydrogens (tertiary/aromatic N) is 1.